The van der Waals surface area contributed by atoms with Gasteiger partial charge in [0.25, 0.3) is 5.89 Å². The molecule has 0 spiro atoms. The largest absolute Gasteiger partial charge is 0.367 e. The summed E-state index contributed by atoms with van der Waals surface area (Å²) in [5.74, 6) is 1.13. The maximum Gasteiger partial charge on any atom is 0.258 e. The number of halogens is 1. The van der Waals surface area contributed by atoms with Crippen LogP contribution in [-0.2, 0) is 4.74 Å². The molecule has 2 aromatic rings. The predicted molar refractivity (Wildman–Crippen MR) is 73.7 cm³/mol. The smallest absolute Gasteiger partial charge is 0.258 e. The monoisotopic (exact) mass is 323 g/mol. The Balaban J connectivity index is 1.90. The number of hydrogen-bond acceptors (Lipinski definition) is 5. The van der Waals surface area contributed by atoms with E-state index in [-0.39, 0.29) is 6.10 Å². The Hall–Kier alpha value is -1.24. The number of benzene rings is 1. The highest BCUT2D eigenvalue weighted by molar-refractivity contribution is 9.10. The standard InChI is InChI=1S/C13H14BrN3O2/c1-8-9(3-2-4-10(8)14)13-16-12(17-19-13)11-7-15-5-6-18-11/h2-4,11,15H,5-7H2,1H3. The number of morpholine rings is 1. The normalized spacial score (nSPS) is 19.6. The summed E-state index contributed by atoms with van der Waals surface area (Å²) in [5, 5.41) is 7.27. The van der Waals surface area contributed by atoms with Crippen molar-refractivity contribution < 1.29 is 9.26 Å². The van der Waals surface area contributed by atoms with E-state index in [0.717, 1.165) is 28.7 Å². The molecule has 0 amide bonds. The lowest BCUT2D eigenvalue weighted by molar-refractivity contribution is 0.0208. The maximum absolute atomic E-state index is 5.61. The first-order valence-electron chi connectivity index (χ1n) is 6.17. The molecule has 1 atom stereocenters. The third-order valence-electron chi connectivity index (χ3n) is 3.16. The Bertz CT molecular complexity index is 579. The SMILES string of the molecule is Cc1c(Br)cccc1-c1nc(C2CNCCO2)no1. The number of rotatable bonds is 2. The lowest BCUT2D eigenvalue weighted by Gasteiger charge is -2.20. The van der Waals surface area contributed by atoms with E-state index < -0.39 is 0 Å². The second kappa shape index (κ2) is 5.40. The summed E-state index contributed by atoms with van der Waals surface area (Å²) >= 11 is 3.50. The third kappa shape index (κ3) is 2.56. The van der Waals surface area contributed by atoms with Crippen molar-refractivity contribution in [1.82, 2.24) is 15.5 Å². The van der Waals surface area contributed by atoms with Crippen molar-refractivity contribution in [1.29, 1.82) is 0 Å². The van der Waals surface area contributed by atoms with Crippen LogP contribution in [0.4, 0.5) is 0 Å². The van der Waals surface area contributed by atoms with Crippen molar-refractivity contribution in [2.75, 3.05) is 19.7 Å². The van der Waals surface area contributed by atoms with Crippen molar-refractivity contribution in [3.05, 3.63) is 34.1 Å². The zero-order valence-corrected chi connectivity index (χ0v) is 12.1. The maximum atomic E-state index is 5.61. The molecular formula is C13H14BrN3O2. The van der Waals surface area contributed by atoms with Gasteiger partial charge in [-0.25, -0.2) is 0 Å². The molecule has 1 saturated heterocycles. The minimum absolute atomic E-state index is 0.126. The van der Waals surface area contributed by atoms with Crippen LogP contribution in [0.15, 0.2) is 27.2 Å². The molecule has 1 fully saturated rings. The topological polar surface area (TPSA) is 60.2 Å². The highest BCUT2D eigenvalue weighted by Crippen LogP contribution is 2.28. The first-order valence-corrected chi connectivity index (χ1v) is 6.96. The number of aromatic nitrogens is 2. The van der Waals surface area contributed by atoms with Crippen LogP contribution in [0.1, 0.15) is 17.5 Å². The number of hydrogen-bond donors (Lipinski definition) is 1. The first-order chi connectivity index (χ1) is 9.25. The van der Waals surface area contributed by atoms with E-state index in [2.05, 4.69) is 31.4 Å². The molecular weight excluding hydrogens is 310 g/mol. The minimum atomic E-state index is -0.126. The quantitative estimate of drug-likeness (QED) is 0.920. The van der Waals surface area contributed by atoms with E-state index >= 15 is 0 Å². The van der Waals surface area contributed by atoms with Gasteiger partial charge in [-0.3, -0.25) is 0 Å². The average molecular weight is 324 g/mol. The van der Waals surface area contributed by atoms with E-state index in [9.17, 15) is 0 Å². The van der Waals surface area contributed by atoms with Crippen LogP contribution in [0.5, 0.6) is 0 Å². The van der Waals surface area contributed by atoms with Gasteiger partial charge < -0.3 is 14.6 Å². The summed E-state index contributed by atoms with van der Waals surface area (Å²) in [4.78, 5) is 4.44. The van der Waals surface area contributed by atoms with E-state index in [4.69, 9.17) is 9.26 Å². The molecule has 0 aliphatic carbocycles. The second-order valence-electron chi connectivity index (χ2n) is 4.43. The van der Waals surface area contributed by atoms with Gasteiger partial charge in [-0.05, 0) is 24.6 Å². The van der Waals surface area contributed by atoms with Crippen molar-refractivity contribution >= 4 is 15.9 Å². The molecule has 1 aliphatic rings. The average Bonchev–Trinajstić information content (AvgIpc) is 2.92. The fraction of sp³-hybridized carbons (Fsp3) is 0.385. The lowest BCUT2D eigenvalue weighted by atomic mass is 10.1. The van der Waals surface area contributed by atoms with Crippen LogP contribution in [0, 0.1) is 6.92 Å². The molecule has 5 nitrogen and oxygen atoms in total. The summed E-state index contributed by atoms with van der Waals surface area (Å²) in [6.07, 6.45) is -0.126. The van der Waals surface area contributed by atoms with Gasteiger partial charge in [-0.1, -0.05) is 27.2 Å². The number of nitrogens with one attached hydrogen (secondary N) is 1. The van der Waals surface area contributed by atoms with Crippen molar-refractivity contribution in [3.63, 3.8) is 0 Å². The van der Waals surface area contributed by atoms with Crippen molar-refractivity contribution in [2.24, 2.45) is 0 Å². The van der Waals surface area contributed by atoms with Crippen LogP contribution in [-0.4, -0.2) is 29.8 Å². The van der Waals surface area contributed by atoms with Gasteiger partial charge in [0.05, 0.1) is 6.61 Å². The van der Waals surface area contributed by atoms with Gasteiger partial charge in [0.1, 0.15) is 6.10 Å². The van der Waals surface area contributed by atoms with Crippen LogP contribution >= 0.6 is 15.9 Å². The van der Waals surface area contributed by atoms with Gasteiger partial charge in [-0.2, -0.15) is 4.98 Å². The van der Waals surface area contributed by atoms with Gasteiger partial charge >= 0.3 is 0 Å². The predicted octanol–water partition coefficient (Wildman–Crippen LogP) is 2.47. The van der Waals surface area contributed by atoms with Gasteiger partial charge in [0, 0.05) is 23.1 Å². The molecule has 1 aliphatic heterocycles. The zero-order valence-electron chi connectivity index (χ0n) is 10.5. The Morgan fingerprint density at radius 1 is 1.42 bits per heavy atom. The Morgan fingerprint density at radius 3 is 3.11 bits per heavy atom. The first kappa shape index (κ1) is 12.8. The molecule has 100 valence electrons. The highest BCUT2D eigenvalue weighted by Gasteiger charge is 2.22. The van der Waals surface area contributed by atoms with E-state index in [1.54, 1.807) is 0 Å². The second-order valence-corrected chi connectivity index (χ2v) is 5.29. The lowest BCUT2D eigenvalue weighted by Crippen LogP contribution is -2.33. The third-order valence-corrected chi connectivity index (χ3v) is 4.01. The summed E-state index contributed by atoms with van der Waals surface area (Å²) in [7, 11) is 0. The molecule has 0 bridgehead atoms. The van der Waals surface area contributed by atoms with Crippen molar-refractivity contribution in [2.45, 2.75) is 13.0 Å². The van der Waals surface area contributed by atoms with E-state index in [0.29, 0.717) is 18.3 Å². The minimum Gasteiger partial charge on any atom is -0.367 e. The Morgan fingerprint density at radius 2 is 2.32 bits per heavy atom. The van der Waals surface area contributed by atoms with Gasteiger partial charge in [0.15, 0.2) is 0 Å². The molecule has 6 heteroatoms. The Labute approximate surface area is 119 Å². The summed E-state index contributed by atoms with van der Waals surface area (Å²) < 4.78 is 12.0. The van der Waals surface area contributed by atoms with Gasteiger partial charge in [-0.15, -0.1) is 0 Å². The summed E-state index contributed by atoms with van der Waals surface area (Å²) in [6, 6.07) is 5.91. The Kier molecular flexibility index (Phi) is 3.63. The molecule has 0 radical (unpaired) electrons. The summed E-state index contributed by atoms with van der Waals surface area (Å²) in [5.41, 5.74) is 2.03. The van der Waals surface area contributed by atoms with Gasteiger partial charge in [0.2, 0.25) is 5.82 Å². The van der Waals surface area contributed by atoms with Crippen LogP contribution in [0.25, 0.3) is 11.5 Å². The van der Waals surface area contributed by atoms with Crippen molar-refractivity contribution in [3.8, 4) is 11.5 Å². The molecule has 2 heterocycles. The fourth-order valence-corrected chi connectivity index (χ4v) is 2.41. The highest BCUT2D eigenvalue weighted by atomic mass is 79.9. The van der Waals surface area contributed by atoms with E-state index in [1.165, 1.54) is 0 Å². The van der Waals surface area contributed by atoms with Crippen LogP contribution in [0.2, 0.25) is 0 Å². The summed E-state index contributed by atoms with van der Waals surface area (Å²) in [6.45, 7) is 4.27. The molecule has 1 aromatic carbocycles. The van der Waals surface area contributed by atoms with Crippen LogP contribution < -0.4 is 5.32 Å². The number of ether oxygens (including phenoxy) is 1. The van der Waals surface area contributed by atoms with Crippen LogP contribution in [0.3, 0.4) is 0 Å². The molecule has 0 saturated carbocycles. The van der Waals surface area contributed by atoms with E-state index in [1.807, 2.05) is 25.1 Å². The molecule has 1 N–H and O–H groups in total. The molecule has 1 unspecified atom stereocenters. The number of nitrogens with zero attached hydrogens (tertiary/aromatic N) is 2. The molecule has 3 rings (SSSR count). The zero-order chi connectivity index (χ0) is 13.2. The molecule has 19 heavy (non-hydrogen) atoms. The fourth-order valence-electron chi connectivity index (χ4n) is 2.05. The molecule has 1 aromatic heterocycles.